The standard InChI is InChI=1S/C15H23FN4O.HI/c1-11(2)7-8-18-15(17-3)19-10-14(21)20-13-6-4-5-12(16)9-13;/h4-6,9,11H,7-8,10H2,1-3H3,(H,20,21)(H2,17,18,19);1H. The predicted molar refractivity (Wildman–Crippen MR) is 99.3 cm³/mol. The Hall–Kier alpha value is -1.38. The lowest BCUT2D eigenvalue weighted by Gasteiger charge is -2.12. The van der Waals surface area contributed by atoms with Crippen molar-refractivity contribution in [1.29, 1.82) is 0 Å². The molecule has 0 aliphatic carbocycles. The molecule has 0 fully saturated rings. The zero-order valence-corrected chi connectivity index (χ0v) is 15.5. The highest BCUT2D eigenvalue weighted by Gasteiger charge is 2.05. The van der Waals surface area contributed by atoms with Crippen LogP contribution in [-0.4, -0.2) is 32.0 Å². The molecule has 0 aliphatic rings. The van der Waals surface area contributed by atoms with Gasteiger partial charge in [-0.3, -0.25) is 9.79 Å². The van der Waals surface area contributed by atoms with E-state index in [1.807, 2.05) is 0 Å². The molecule has 1 amide bonds. The summed E-state index contributed by atoms with van der Waals surface area (Å²) in [6, 6.07) is 5.78. The summed E-state index contributed by atoms with van der Waals surface area (Å²) >= 11 is 0. The summed E-state index contributed by atoms with van der Waals surface area (Å²) in [6.07, 6.45) is 1.02. The van der Waals surface area contributed by atoms with Crippen molar-refractivity contribution in [3.63, 3.8) is 0 Å². The fourth-order valence-electron chi connectivity index (χ4n) is 1.64. The fraction of sp³-hybridized carbons (Fsp3) is 0.467. The summed E-state index contributed by atoms with van der Waals surface area (Å²) in [5.74, 6) is 0.538. The summed E-state index contributed by atoms with van der Waals surface area (Å²) in [5, 5.41) is 8.65. The van der Waals surface area contributed by atoms with E-state index in [0.717, 1.165) is 13.0 Å². The highest BCUT2D eigenvalue weighted by molar-refractivity contribution is 14.0. The second-order valence-electron chi connectivity index (χ2n) is 5.09. The van der Waals surface area contributed by atoms with E-state index in [4.69, 9.17) is 0 Å². The van der Waals surface area contributed by atoms with Gasteiger partial charge in [0.2, 0.25) is 5.91 Å². The first-order valence-electron chi connectivity index (χ1n) is 7.01. The number of hydrogen-bond acceptors (Lipinski definition) is 2. The molecule has 1 aromatic rings. The Labute approximate surface area is 148 Å². The largest absolute Gasteiger partial charge is 0.356 e. The SMILES string of the molecule is CN=C(NCCC(C)C)NCC(=O)Nc1cccc(F)c1.I. The van der Waals surface area contributed by atoms with Crippen LogP contribution in [0.15, 0.2) is 29.3 Å². The molecule has 3 N–H and O–H groups in total. The number of carbonyl (C=O) groups excluding carboxylic acids is 1. The predicted octanol–water partition coefficient (Wildman–Crippen LogP) is 2.59. The molecule has 22 heavy (non-hydrogen) atoms. The van der Waals surface area contributed by atoms with Gasteiger partial charge in [0, 0.05) is 19.3 Å². The normalized spacial score (nSPS) is 10.9. The van der Waals surface area contributed by atoms with Gasteiger partial charge in [0.1, 0.15) is 5.82 Å². The van der Waals surface area contributed by atoms with E-state index in [1.165, 1.54) is 12.1 Å². The third-order valence-electron chi connectivity index (χ3n) is 2.76. The van der Waals surface area contributed by atoms with E-state index in [9.17, 15) is 9.18 Å². The smallest absolute Gasteiger partial charge is 0.243 e. The van der Waals surface area contributed by atoms with Gasteiger partial charge in [0.15, 0.2) is 5.96 Å². The van der Waals surface area contributed by atoms with Crippen LogP contribution in [-0.2, 0) is 4.79 Å². The minimum atomic E-state index is -0.382. The first-order valence-corrected chi connectivity index (χ1v) is 7.01. The van der Waals surface area contributed by atoms with E-state index in [-0.39, 0.29) is 42.2 Å². The maximum atomic E-state index is 13.0. The van der Waals surface area contributed by atoms with Crippen LogP contribution in [0, 0.1) is 11.7 Å². The molecule has 1 aromatic carbocycles. The van der Waals surface area contributed by atoms with Gasteiger partial charge >= 0.3 is 0 Å². The van der Waals surface area contributed by atoms with Crippen molar-refractivity contribution in [3.05, 3.63) is 30.1 Å². The van der Waals surface area contributed by atoms with E-state index in [1.54, 1.807) is 19.2 Å². The number of nitrogens with zero attached hydrogens (tertiary/aromatic N) is 1. The average molecular weight is 422 g/mol. The van der Waals surface area contributed by atoms with Crippen molar-refractivity contribution >= 4 is 41.5 Å². The van der Waals surface area contributed by atoms with E-state index >= 15 is 0 Å². The maximum Gasteiger partial charge on any atom is 0.243 e. The molecule has 0 saturated carbocycles. The molecule has 1 rings (SSSR count). The lowest BCUT2D eigenvalue weighted by Crippen LogP contribution is -2.41. The van der Waals surface area contributed by atoms with Crippen LogP contribution in [0.1, 0.15) is 20.3 Å². The van der Waals surface area contributed by atoms with Crippen LogP contribution in [0.4, 0.5) is 10.1 Å². The molecule has 0 radical (unpaired) electrons. The van der Waals surface area contributed by atoms with Gasteiger partial charge in [0.05, 0.1) is 6.54 Å². The third-order valence-corrected chi connectivity index (χ3v) is 2.76. The fourth-order valence-corrected chi connectivity index (χ4v) is 1.64. The maximum absolute atomic E-state index is 13.0. The number of amides is 1. The van der Waals surface area contributed by atoms with Gasteiger partial charge in [-0.05, 0) is 30.5 Å². The molecular formula is C15H24FIN4O. The number of nitrogens with one attached hydrogen (secondary N) is 3. The van der Waals surface area contributed by atoms with E-state index in [0.29, 0.717) is 17.6 Å². The van der Waals surface area contributed by atoms with Crippen LogP contribution in [0.2, 0.25) is 0 Å². The topological polar surface area (TPSA) is 65.5 Å². The third kappa shape index (κ3) is 8.81. The number of rotatable bonds is 6. The molecule has 0 unspecified atom stereocenters. The molecule has 0 atom stereocenters. The molecule has 0 spiro atoms. The average Bonchev–Trinajstić information content (AvgIpc) is 2.42. The zero-order valence-electron chi connectivity index (χ0n) is 13.1. The van der Waals surface area contributed by atoms with Gasteiger partial charge in [-0.1, -0.05) is 19.9 Å². The van der Waals surface area contributed by atoms with Gasteiger partial charge < -0.3 is 16.0 Å². The van der Waals surface area contributed by atoms with Crippen molar-refractivity contribution in [1.82, 2.24) is 10.6 Å². The number of anilines is 1. The summed E-state index contributed by atoms with van der Waals surface area (Å²) in [6.45, 7) is 5.15. The number of hydrogen-bond donors (Lipinski definition) is 3. The van der Waals surface area contributed by atoms with Gasteiger partial charge in [-0.25, -0.2) is 4.39 Å². The second kappa shape index (κ2) is 11.2. The van der Waals surface area contributed by atoms with Crippen LogP contribution < -0.4 is 16.0 Å². The van der Waals surface area contributed by atoms with Crippen LogP contribution in [0.25, 0.3) is 0 Å². The van der Waals surface area contributed by atoms with Gasteiger partial charge in [-0.15, -0.1) is 24.0 Å². The molecule has 7 heteroatoms. The quantitative estimate of drug-likeness (QED) is 0.375. The molecule has 5 nitrogen and oxygen atoms in total. The number of aliphatic imine (C=N–C) groups is 1. The molecule has 0 aromatic heterocycles. The Morgan fingerprint density at radius 2 is 2.05 bits per heavy atom. The number of carbonyl (C=O) groups is 1. The highest BCUT2D eigenvalue weighted by Crippen LogP contribution is 2.08. The van der Waals surface area contributed by atoms with Crippen LogP contribution in [0.5, 0.6) is 0 Å². The minimum Gasteiger partial charge on any atom is -0.356 e. The Kier molecular flexibility index (Phi) is 10.5. The molecular weight excluding hydrogens is 398 g/mol. The van der Waals surface area contributed by atoms with Crippen LogP contribution >= 0.6 is 24.0 Å². The Bertz CT molecular complexity index is 494. The second-order valence-corrected chi connectivity index (χ2v) is 5.09. The first-order chi connectivity index (χ1) is 10.0. The monoisotopic (exact) mass is 422 g/mol. The number of benzene rings is 1. The molecule has 0 bridgehead atoms. The first kappa shape index (κ1) is 20.6. The Balaban J connectivity index is 0.00000441. The van der Waals surface area contributed by atoms with Gasteiger partial charge in [0.25, 0.3) is 0 Å². The van der Waals surface area contributed by atoms with E-state index in [2.05, 4.69) is 34.8 Å². The summed E-state index contributed by atoms with van der Waals surface area (Å²) in [4.78, 5) is 15.8. The van der Waals surface area contributed by atoms with Gasteiger partial charge in [-0.2, -0.15) is 0 Å². The van der Waals surface area contributed by atoms with Crippen molar-refractivity contribution in [2.75, 3.05) is 25.5 Å². The summed E-state index contributed by atoms with van der Waals surface area (Å²) in [7, 11) is 1.65. The molecule has 0 heterocycles. The van der Waals surface area contributed by atoms with Crippen molar-refractivity contribution < 1.29 is 9.18 Å². The highest BCUT2D eigenvalue weighted by atomic mass is 127. The zero-order chi connectivity index (χ0) is 15.7. The van der Waals surface area contributed by atoms with E-state index < -0.39 is 0 Å². The van der Waals surface area contributed by atoms with Crippen molar-refractivity contribution in [2.24, 2.45) is 10.9 Å². The Morgan fingerprint density at radius 3 is 2.64 bits per heavy atom. The van der Waals surface area contributed by atoms with Crippen LogP contribution in [0.3, 0.4) is 0 Å². The lowest BCUT2D eigenvalue weighted by molar-refractivity contribution is -0.115. The Morgan fingerprint density at radius 1 is 1.32 bits per heavy atom. The lowest BCUT2D eigenvalue weighted by atomic mass is 10.1. The molecule has 124 valence electrons. The summed E-state index contributed by atoms with van der Waals surface area (Å²) in [5.41, 5.74) is 0.435. The molecule has 0 aliphatic heterocycles. The number of guanidine groups is 1. The minimum absolute atomic E-state index is 0. The van der Waals surface area contributed by atoms with Crippen molar-refractivity contribution in [3.8, 4) is 0 Å². The number of halogens is 2. The molecule has 0 saturated heterocycles. The van der Waals surface area contributed by atoms with Crippen molar-refractivity contribution in [2.45, 2.75) is 20.3 Å². The summed E-state index contributed by atoms with van der Waals surface area (Å²) < 4.78 is 13.0.